The van der Waals surface area contributed by atoms with E-state index in [0.717, 1.165) is 18.6 Å². The lowest BCUT2D eigenvalue weighted by molar-refractivity contribution is 0.241. The quantitative estimate of drug-likeness (QED) is 0.726. The van der Waals surface area contributed by atoms with Gasteiger partial charge in [0.2, 0.25) is 0 Å². The molecule has 0 unspecified atom stereocenters. The van der Waals surface area contributed by atoms with Crippen LogP contribution in [-0.2, 0) is 0 Å². The maximum absolute atomic E-state index is 7.89. The fraction of sp³-hybridized carbons (Fsp3) is 0.769. The second-order valence-corrected chi connectivity index (χ2v) is 5.73. The number of nitrogens with one attached hydrogen (secondary N) is 1. The van der Waals surface area contributed by atoms with E-state index < -0.39 is 0 Å². The molecule has 16 heavy (non-hydrogen) atoms. The van der Waals surface area contributed by atoms with E-state index in [1.54, 1.807) is 0 Å². The van der Waals surface area contributed by atoms with Crippen molar-refractivity contribution in [3.63, 3.8) is 0 Å². The molecule has 0 aromatic rings. The average molecular weight is 334 g/mol. The third kappa shape index (κ3) is 3.47. The zero-order valence-corrected chi connectivity index (χ0v) is 12.7. The Kier molecular flexibility index (Phi) is 4.83. The Morgan fingerprint density at radius 3 is 2.31 bits per heavy atom. The molecule has 0 amide bonds. The van der Waals surface area contributed by atoms with Gasteiger partial charge < -0.3 is 10.3 Å². The van der Waals surface area contributed by atoms with Crippen LogP contribution in [0.4, 0.5) is 0 Å². The lowest BCUT2D eigenvalue weighted by Gasteiger charge is -2.38. The van der Waals surface area contributed by atoms with Gasteiger partial charge in [0.25, 0.3) is 0 Å². The summed E-state index contributed by atoms with van der Waals surface area (Å²) >= 11 is 0. The lowest BCUT2D eigenvalue weighted by Crippen LogP contribution is -2.34. The number of rotatable bonds is 1. The first-order chi connectivity index (χ1) is 7.07. The maximum atomic E-state index is 7.89. The highest BCUT2D eigenvalue weighted by molar-refractivity contribution is 14.0. The molecule has 0 radical (unpaired) electrons. The molecule has 1 aliphatic heterocycles. The summed E-state index contributed by atoms with van der Waals surface area (Å²) in [6, 6.07) is 0. The van der Waals surface area contributed by atoms with E-state index in [4.69, 9.17) is 5.41 Å². The minimum atomic E-state index is 0. The normalized spacial score (nSPS) is 24.8. The summed E-state index contributed by atoms with van der Waals surface area (Å²) in [5.74, 6) is 0. The van der Waals surface area contributed by atoms with Crippen LogP contribution in [0, 0.1) is 10.8 Å². The molecule has 92 valence electrons. The minimum Gasteiger partial charge on any atom is -0.375 e. The molecule has 0 saturated carbocycles. The predicted octanol–water partition coefficient (Wildman–Crippen LogP) is 3.81. The Hall–Kier alpha value is -0.0600. The number of allylic oxidation sites excluding steroid dienone is 2. The van der Waals surface area contributed by atoms with Crippen LogP contribution in [0.1, 0.15) is 46.0 Å². The summed E-state index contributed by atoms with van der Waals surface area (Å²) in [5, 5.41) is 7.89. The van der Waals surface area contributed by atoms with Crippen molar-refractivity contribution in [2.24, 2.45) is 5.41 Å². The second kappa shape index (κ2) is 5.52. The van der Waals surface area contributed by atoms with Crippen LogP contribution in [0.2, 0.25) is 0 Å². The highest BCUT2D eigenvalue weighted by Gasteiger charge is 2.28. The van der Waals surface area contributed by atoms with Gasteiger partial charge in [-0.1, -0.05) is 13.8 Å². The second-order valence-electron chi connectivity index (χ2n) is 5.73. The zero-order valence-electron chi connectivity index (χ0n) is 10.4. The first-order valence-corrected chi connectivity index (χ1v) is 6.10. The third-order valence-electron chi connectivity index (χ3n) is 3.43. The van der Waals surface area contributed by atoms with Crippen molar-refractivity contribution in [2.75, 3.05) is 13.1 Å². The Morgan fingerprint density at radius 2 is 1.75 bits per heavy atom. The fourth-order valence-corrected chi connectivity index (χ4v) is 2.76. The van der Waals surface area contributed by atoms with Gasteiger partial charge in [-0.25, -0.2) is 0 Å². The van der Waals surface area contributed by atoms with Gasteiger partial charge in [0, 0.05) is 24.5 Å². The Morgan fingerprint density at radius 1 is 1.12 bits per heavy atom. The zero-order chi connectivity index (χ0) is 10.9. The Balaban J connectivity index is 0.00000128. The number of nitrogens with zero attached hydrogens (tertiary/aromatic N) is 1. The molecule has 1 aliphatic carbocycles. The molecular formula is C13H23IN2. The number of hydrogen-bond donors (Lipinski definition) is 1. The van der Waals surface area contributed by atoms with Gasteiger partial charge in [0.15, 0.2) is 0 Å². The van der Waals surface area contributed by atoms with Gasteiger partial charge in [-0.2, -0.15) is 0 Å². The Labute approximate surface area is 116 Å². The molecule has 1 heterocycles. The van der Waals surface area contributed by atoms with Crippen molar-refractivity contribution in [2.45, 2.75) is 46.0 Å². The summed E-state index contributed by atoms with van der Waals surface area (Å²) in [5.41, 5.74) is 2.52. The minimum absolute atomic E-state index is 0. The highest BCUT2D eigenvalue weighted by atomic mass is 127. The van der Waals surface area contributed by atoms with Crippen molar-refractivity contribution in [3.8, 4) is 0 Å². The molecule has 0 atom stereocenters. The van der Waals surface area contributed by atoms with Crippen molar-refractivity contribution in [3.05, 3.63) is 11.8 Å². The number of hydrogen-bond acceptors (Lipinski definition) is 2. The molecule has 0 aromatic heterocycles. The van der Waals surface area contributed by atoms with E-state index in [1.807, 2.05) is 0 Å². The number of likely N-dealkylation sites (tertiary alicyclic amines) is 1. The van der Waals surface area contributed by atoms with Crippen LogP contribution >= 0.6 is 24.0 Å². The monoisotopic (exact) mass is 334 g/mol. The summed E-state index contributed by atoms with van der Waals surface area (Å²) in [6.45, 7) is 6.96. The lowest BCUT2D eigenvalue weighted by atomic mass is 9.78. The van der Waals surface area contributed by atoms with Gasteiger partial charge in [0.1, 0.15) is 0 Å². The molecule has 2 rings (SSSR count). The third-order valence-corrected chi connectivity index (χ3v) is 3.43. The van der Waals surface area contributed by atoms with Crippen LogP contribution in [0.15, 0.2) is 11.8 Å². The maximum Gasteiger partial charge on any atom is 0.0336 e. The highest BCUT2D eigenvalue weighted by Crippen LogP contribution is 2.35. The van der Waals surface area contributed by atoms with E-state index in [9.17, 15) is 0 Å². The smallest absolute Gasteiger partial charge is 0.0336 e. The van der Waals surface area contributed by atoms with E-state index >= 15 is 0 Å². The van der Waals surface area contributed by atoms with Gasteiger partial charge >= 0.3 is 0 Å². The first-order valence-electron chi connectivity index (χ1n) is 6.10. The predicted molar refractivity (Wildman–Crippen MR) is 79.7 cm³/mol. The summed E-state index contributed by atoms with van der Waals surface area (Å²) in [4.78, 5) is 2.50. The molecule has 2 nitrogen and oxygen atoms in total. The van der Waals surface area contributed by atoms with Crippen LogP contribution in [0.25, 0.3) is 0 Å². The molecule has 1 N–H and O–H groups in total. The van der Waals surface area contributed by atoms with Gasteiger partial charge in [-0.15, -0.1) is 24.0 Å². The number of halogens is 1. The van der Waals surface area contributed by atoms with Gasteiger partial charge in [0.05, 0.1) is 0 Å². The Bertz CT molecular complexity index is 288. The van der Waals surface area contributed by atoms with Crippen molar-refractivity contribution < 1.29 is 0 Å². The molecule has 1 saturated heterocycles. The van der Waals surface area contributed by atoms with Crippen LogP contribution in [-0.4, -0.2) is 23.7 Å². The molecule has 0 spiro atoms. The van der Waals surface area contributed by atoms with E-state index in [2.05, 4.69) is 24.8 Å². The topological polar surface area (TPSA) is 27.1 Å². The molecular weight excluding hydrogens is 311 g/mol. The van der Waals surface area contributed by atoms with E-state index in [0.29, 0.717) is 5.41 Å². The molecule has 0 aromatic carbocycles. The van der Waals surface area contributed by atoms with Crippen LogP contribution < -0.4 is 0 Å². The van der Waals surface area contributed by atoms with Gasteiger partial charge in [-0.3, -0.25) is 0 Å². The number of piperidine rings is 1. The molecule has 3 heteroatoms. The van der Waals surface area contributed by atoms with Crippen molar-refractivity contribution in [1.29, 1.82) is 5.41 Å². The molecule has 2 aliphatic rings. The van der Waals surface area contributed by atoms with Crippen LogP contribution in [0.5, 0.6) is 0 Å². The van der Waals surface area contributed by atoms with Crippen molar-refractivity contribution >= 4 is 29.7 Å². The SMILES string of the molecule is CC1(C)CC(=N)C=C(N2CCCCC2)C1.I. The first kappa shape index (κ1) is 14.0. The molecule has 0 bridgehead atoms. The summed E-state index contributed by atoms with van der Waals surface area (Å²) < 4.78 is 0. The van der Waals surface area contributed by atoms with E-state index in [-0.39, 0.29) is 24.0 Å². The standard InChI is InChI=1S/C13H22N2.HI/c1-13(2)9-11(14)8-12(10-13)15-6-4-3-5-7-15;/h8,14H,3-7,9-10H2,1-2H3;1H. The average Bonchev–Trinajstić information content (AvgIpc) is 2.16. The van der Waals surface area contributed by atoms with Crippen molar-refractivity contribution in [1.82, 2.24) is 4.90 Å². The summed E-state index contributed by atoms with van der Waals surface area (Å²) in [6.07, 6.45) is 8.22. The van der Waals surface area contributed by atoms with Crippen LogP contribution in [0.3, 0.4) is 0 Å². The summed E-state index contributed by atoms with van der Waals surface area (Å²) in [7, 11) is 0. The fourth-order valence-electron chi connectivity index (χ4n) is 2.76. The largest absolute Gasteiger partial charge is 0.375 e. The molecule has 1 fully saturated rings. The van der Waals surface area contributed by atoms with E-state index in [1.165, 1.54) is 38.0 Å². The van der Waals surface area contributed by atoms with Gasteiger partial charge in [-0.05, 0) is 43.6 Å².